The highest BCUT2D eigenvalue weighted by Crippen LogP contribution is 2.21. The Kier molecular flexibility index (Phi) is 6.90. The quantitative estimate of drug-likeness (QED) is 0.541. The molecule has 0 radical (unpaired) electrons. The van der Waals surface area contributed by atoms with Crippen molar-refractivity contribution >= 4 is 62.4 Å². The van der Waals surface area contributed by atoms with Crippen LogP contribution in [-0.2, 0) is 4.79 Å². The lowest BCUT2D eigenvalue weighted by molar-refractivity contribution is -0.119. The first-order chi connectivity index (χ1) is 9.43. The molecule has 0 atom stereocenters. The Bertz CT molecular complexity index is 539. The van der Waals surface area contributed by atoms with Gasteiger partial charge in [0.15, 0.2) is 5.11 Å². The molecular formula is C12H12BrClN2O3S. The van der Waals surface area contributed by atoms with Crippen molar-refractivity contribution in [3.8, 4) is 0 Å². The number of thiocarbonyl (C=S) groups is 1. The number of anilines is 1. The minimum Gasteiger partial charge on any atom is -0.478 e. The molecule has 0 spiro atoms. The first kappa shape index (κ1) is 16.9. The summed E-state index contributed by atoms with van der Waals surface area (Å²) in [7, 11) is 0. The normalized spacial score (nSPS) is 9.90. The number of amides is 1. The maximum atomic E-state index is 11.5. The highest BCUT2D eigenvalue weighted by Gasteiger charge is 2.12. The zero-order valence-electron chi connectivity index (χ0n) is 10.3. The zero-order valence-corrected chi connectivity index (χ0v) is 13.4. The largest absolute Gasteiger partial charge is 0.478 e. The average Bonchev–Trinajstić information content (AvgIpc) is 2.38. The molecule has 1 rings (SSSR count). The first-order valence-electron chi connectivity index (χ1n) is 5.63. The van der Waals surface area contributed by atoms with Gasteiger partial charge in [0.1, 0.15) is 0 Å². The monoisotopic (exact) mass is 378 g/mol. The van der Waals surface area contributed by atoms with Crippen LogP contribution in [0.25, 0.3) is 0 Å². The van der Waals surface area contributed by atoms with E-state index in [1.165, 1.54) is 6.07 Å². The van der Waals surface area contributed by atoms with Crippen LogP contribution in [0.4, 0.5) is 5.69 Å². The third-order valence-corrected chi connectivity index (χ3v) is 3.22. The molecule has 0 heterocycles. The lowest BCUT2D eigenvalue weighted by Crippen LogP contribution is -2.34. The van der Waals surface area contributed by atoms with E-state index in [2.05, 4.69) is 26.6 Å². The van der Waals surface area contributed by atoms with E-state index in [1.807, 2.05) is 0 Å². The summed E-state index contributed by atoms with van der Waals surface area (Å²) in [5, 5.41) is 14.3. The second-order valence-electron chi connectivity index (χ2n) is 3.79. The van der Waals surface area contributed by atoms with E-state index in [0.717, 1.165) is 0 Å². The lowest BCUT2D eigenvalue weighted by atomic mass is 10.2. The van der Waals surface area contributed by atoms with Crippen LogP contribution in [-0.4, -0.2) is 28.0 Å². The number of halogens is 2. The Morgan fingerprint density at radius 3 is 2.70 bits per heavy atom. The molecule has 0 unspecified atom stereocenters. The highest BCUT2D eigenvalue weighted by atomic mass is 79.9. The molecule has 1 aromatic carbocycles. The van der Waals surface area contributed by atoms with Gasteiger partial charge in [0.2, 0.25) is 5.91 Å². The molecule has 108 valence electrons. The molecule has 0 saturated heterocycles. The molecule has 1 amide bonds. The number of benzene rings is 1. The van der Waals surface area contributed by atoms with Crippen LogP contribution < -0.4 is 10.6 Å². The molecule has 0 bridgehead atoms. The third kappa shape index (κ3) is 5.44. The Balaban J connectivity index is 2.71. The molecule has 1 aromatic rings. The predicted molar refractivity (Wildman–Crippen MR) is 85.4 cm³/mol. The summed E-state index contributed by atoms with van der Waals surface area (Å²) in [5.41, 5.74) is 0.361. The van der Waals surface area contributed by atoms with E-state index in [0.29, 0.717) is 22.5 Å². The van der Waals surface area contributed by atoms with Gasteiger partial charge in [0.05, 0.1) is 11.3 Å². The fraction of sp³-hybridized carbons (Fsp3) is 0.250. The number of nitrogens with one attached hydrogen (secondary N) is 2. The van der Waals surface area contributed by atoms with Crippen LogP contribution >= 0.6 is 39.7 Å². The molecule has 0 aliphatic rings. The van der Waals surface area contributed by atoms with Crippen LogP contribution in [0.1, 0.15) is 23.2 Å². The van der Waals surface area contributed by atoms with Gasteiger partial charge in [-0.25, -0.2) is 4.79 Å². The van der Waals surface area contributed by atoms with Crippen molar-refractivity contribution in [3.05, 3.63) is 28.2 Å². The number of carbonyl (C=O) groups excluding carboxylic acids is 1. The van der Waals surface area contributed by atoms with E-state index in [4.69, 9.17) is 28.9 Å². The van der Waals surface area contributed by atoms with Crippen molar-refractivity contribution in [1.29, 1.82) is 0 Å². The number of hydrogen-bond donors (Lipinski definition) is 3. The standard InChI is InChI=1S/C12H12BrClN2O3S/c13-7-3-4-9(8(6-7)11(18)19)15-12(20)16-10(17)2-1-5-14/h3-4,6H,1-2,5H2,(H,18,19)(H2,15,16,17,20). The first-order valence-corrected chi connectivity index (χ1v) is 7.37. The van der Waals surface area contributed by atoms with Gasteiger partial charge < -0.3 is 15.7 Å². The minimum atomic E-state index is -1.09. The van der Waals surface area contributed by atoms with Gasteiger partial charge in [0.25, 0.3) is 0 Å². The Morgan fingerprint density at radius 2 is 2.10 bits per heavy atom. The Hall–Kier alpha value is -1.18. The Morgan fingerprint density at radius 1 is 1.40 bits per heavy atom. The summed E-state index contributed by atoms with van der Waals surface area (Å²) < 4.78 is 0.637. The third-order valence-electron chi connectivity index (χ3n) is 2.25. The van der Waals surface area contributed by atoms with Gasteiger partial charge in [-0.1, -0.05) is 15.9 Å². The summed E-state index contributed by atoms with van der Waals surface area (Å²) >= 11 is 13.6. The van der Waals surface area contributed by atoms with Crippen molar-refractivity contribution in [2.45, 2.75) is 12.8 Å². The van der Waals surface area contributed by atoms with Gasteiger partial charge in [-0.15, -0.1) is 11.6 Å². The molecule has 0 aromatic heterocycles. The van der Waals surface area contributed by atoms with Gasteiger partial charge in [0, 0.05) is 16.8 Å². The van der Waals surface area contributed by atoms with Crippen LogP contribution in [0, 0.1) is 0 Å². The fourth-order valence-corrected chi connectivity index (χ4v) is 2.09. The number of carbonyl (C=O) groups is 2. The van der Waals surface area contributed by atoms with E-state index >= 15 is 0 Å². The summed E-state index contributed by atoms with van der Waals surface area (Å²) in [4.78, 5) is 22.6. The molecule has 0 saturated carbocycles. The number of carboxylic acids is 1. The maximum absolute atomic E-state index is 11.5. The smallest absolute Gasteiger partial charge is 0.337 e. The molecular weight excluding hydrogens is 368 g/mol. The molecule has 0 aliphatic heterocycles. The van der Waals surface area contributed by atoms with Crippen molar-refractivity contribution in [2.24, 2.45) is 0 Å². The van der Waals surface area contributed by atoms with Crippen molar-refractivity contribution in [3.63, 3.8) is 0 Å². The molecule has 20 heavy (non-hydrogen) atoms. The van der Waals surface area contributed by atoms with Gasteiger partial charge in [-0.05, 0) is 36.8 Å². The SMILES string of the molecule is O=C(CCCCl)NC(=S)Nc1ccc(Br)cc1C(=O)O. The summed E-state index contributed by atoms with van der Waals surface area (Å²) in [5.74, 6) is -0.967. The average molecular weight is 380 g/mol. The van der Waals surface area contributed by atoms with Crippen molar-refractivity contribution in [2.75, 3.05) is 11.2 Å². The minimum absolute atomic E-state index is 0.0504. The van der Waals surface area contributed by atoms with Crippen LogP contribution in [0.5, 0.6) is 0 Å². The number of rotatable bonds is 5. The zero-order chi connectivity index (χ0) is 15.1. The maximum Gasteiger partial charge on any atom is 0.337 e. The van der Waals surface area contributed by atoms with E-state index in [-0.39, 0.29) is 23.0 Å². The molecule has 5 nitrogen and oxygen atoms in total. The second-order valence-corrected chi connectivity index (χ2v) is 5.49. The molecule has 0 fully saturated rings. The van der Waals surface area contributed by atoms with E-state index in [9.17, 15) is 9.59 Å². The van der Waals surface area contributed by atoms with E-state index < -0.39 is 5.97 Å². The predicted octanol–water partition coefficient (Wildman–Crippen LogP) is 2.98. The topological polar surface area (TPSA) is 78.4 Å². The van der Waals surface area contributed by atoms with E-state index in [1.54, 1.807) is 12.1 Å². The molecule has 3 N–H and O–H groups in total. The number of hydrogen-bond acceptors (Lipinski definition) is 3. The van der Waals surface area contributed by atoms with Gasteiger partial charge >= 0.3 is 5.97 Å². The summed E-state index contributed by atoms with van der Waals surface area (Å²) in [6.07, 6.45) is 0.812. The molecule has 0 aliphatic carbocycles. The number of aromatic carboxylic acids is 1. The van der Waals surface area contributed by atoms with Crippen molar-refractivity contribution < 1.29 is 14.7 Å². The second kappa shape index (κ2) is 8.18. The lowest BCUT2D eigenvalue weighted by Gasteiger charge is -2.11. The van der Waals surface area contributed by atoms with Crippen molar-refractivity contribution in [1.82, 2.24) is 5.32 Å². The summed E-state index contributed by atoms with van der Waals surface area (Å²) in [6, 6.07) is 4.68. The van der Waals surface area contributed by atoms with Gasteiger partial charge in [-0.2, -0.15) is 0 Å². The summed E-state index contributed by atoms with van der Waals surface area (Å²) in [6.45, 7) is 0. The molecule has 8 heteroatoms. The van der Waals surface area contributed by atoms with Crippen LogP contribution in [0.3, 0.4) is 0 Å². The Labute approximate surface area is 134 Å². The fourth-order valence-electron chi connectivity index (χ4n) is 1.37. The van der Waals surface area contributed by atoms with Crippen LogP contribution in [0.15, 0.2) is 22.7 Å². The van der Waals surface area contributed by atoms with Gasteiger partial charge in [-0.3, -0.25) is 4.79 Å². The van der Waals surface area contributed by atoms with Crippen LogP contribution in [0.2, 0.25) is 0 Å². The number of carboxylic acid groups (broad SMARTS) is 1. The number of alkyl halides is 1. The highest BCUT2D eigenvalue weighted by molar-refractivity contribution is 9.10.